The van der Waals surface area contributed by atoms with Crippen LogP contribution in [0, 0.1) is 55.1 Å². The van der Waals surface area contributed by atoms with Crippen molar-refractivity contribution in [2.75, 3.05) is 22.1 Å². The predicted octanol–water partition coefficient (Wildman–Crippen LogP) is 12.7. The number of hydrogen-bond acceptors (Lipinski definition) is 22. The number of aromatic carboxylic acids is 1. The van der Waals surface area contributed by atoms with Crippen LogP contribution in [0.4, 0.5) is 70.1 Å². The number of amides is 2. The van der Waals surface area contributed by atoms with Gasteiger partial charge in [0.2, 0.25) is 11.8 Å². The number of aliphatic hydroxyl groups excluding tert-OH is 3. The Morgan fingerprint density at radius 2 is 0.837 bits per heavy atom. The molecule has 0 saturated carbocycles. The predicted molar refractivity (Wildman–Crippen MR) is 345 cm³/mol. The highest BCUT2D eigenvalue weighted by molar-refractivity contribution is 6.29. The summed E-state index contributed by atoms with van der Waals surface area (Å²) in [5, 5.41) is 60.2. The van der Waals surface area contributed by atoms with E-state index in [1.54, 1.807) is 53.9 Å². The van der Waals surface area contributed by atoms with Gasteiger partial charge in [-0.05, 0) is 126 Å². The summed E-state index contributed by atoms with van der Waals surface area (Å²) >= 11 is 5.37. The van der Waals surface area contributed by atoms with Crippen molar-refractivity contribution in [1.29, 1.82) is 0 Å². The minimum absolute atomic E-state index is 0.0334. The number of nitro benzene ring substituents is 2. The molecule has 0 aliphatic heterocycles. The highest BCUT2D eigenvalue weighted by Gasteiger charge is 2.19. The van der Waals surface area contributed by atoms with Gasteiger partial charge in [-0.3, -0.25) is 45.8 Å². The lowest BCUT2D eigenvalue weighted by atomic mass is 10.2. The Hall–Kier alpha value is -11.7. The maximum atomic E-state index is 13.8. The summed E-state index contributed by atoms with van der Waals surface area (Å²) in [7, 11) is 0. The Morgan fingerprint density at radius 1 is 0.490 bits per heavy atom. The summed E-state index contributed by atoms with van der Waals surface area (Å²) < 4.78 is 98.9. The van der Waals surface area contributed by atoms with Gasteiger partial charge in [-0.15, -0.1) is 0 Å². The van der Waals surface area contributed by atoms with Crippen LogP contribution in [0.5, 0.6) is 11.8 Å². The third-order valence-corrected chi connectivity index (χ3v) is 11.2. The second-order valence-corrected chi connectivity index (χ2v) is 21.4. The lowest BCUT2D eigenvalue weighted by molar-refractivity contribution is -0.385. The van der Waals surface area contributed by atoms with Crippen LogP contribution in [0.25, 0.3) is 0 Å². The number of benzene rings is 6. The van der Waals surface area contributed by atoms with Crippen molar-refractivity contribution in [3.8, 4) is 11.8 Å². The van der Waals surface area contributed by atoms with Gasteiger partial charge in [0.15, 0.2) is 0 Å². The lowest BCUT2D eigenvalue weighted by Gasteiger charge is -2.19. The molecular formula is C64H65ClF6N12O15. The first kappa shape index (κ1) is 80.6. The third kappa shape index (κ3) is 31.5. The Morgan fingerprint density at radius 3 is 1.19 bits per heavy atom. The number of carboxylic acid groups (broad SMARTS) is 1. The van der Waals surface area contributed by atoms with Gasteiger partial charge in [-0.1, -0.05) is 11.6 Å². The lowest BCUT2D eigenvalue weighted by Crippen LogP contribution is -2.27. The van der Waals surface area contributed by atoms with Gasteiger partial charge < -0.3 is 50.8 Å². The first-order valence-electron chi connectivity index (χ1n) is 28.0. The molecule has 10 N–H and O–H groups in total. The molecule has 2 amide bonds. The van der Waals surface area contributed by atoms with Crippen molar-refractivity contribution in [1.82, 2.24) is 29.9 Å². The molecule has 0 saturated heterocycles. The van der Waals surface area contributed by atoms with Gasteiger partial charge in [0.05, 0.1) is 48.3 Å². The summed E-state index contributed by atoms with van der Waals surface area (Å²) in [6.45, 7) is 9.30. The number of nitrogens with one attached hydrogen (secondary N) is 2. The monoisotopic (exact) mass is 1390 g/mol. The molecule has 0 unspecified atom stereocenters. The minimum atomic E-state index is -1.53. The molecule has 98 heavy (non-hydrogen) atoms. The highest BCUT2D eigenvalue weighted by Crippen LogP contribution is 2.22. The van der Waals surface area contributed by atoms with Crippen LogP contribution in [0.15, 0.2) is 165 Å². The molecule has 0 aliphatic rings. The van der Waals surface area contributed by atoms with E-state index < -0.39 is 92.8 Å². The van der Waals surface area contributed by atoms with E-state index in [4.69, 9.17) is 62.4 Å². The highest BCUT2D eigenvalue weighted by atomic mass is 35.5. The average molecular weight is 1390 g/mol. The summed E-state index contributed by atoms with van der Waals surface area (Å²) in [5.41, 5.74) is 11.0. The first-order valence-corrected chi connectivity index (χ1v) is 28.3. The second kappa shape index (κ2) is 40.5. The fourth-order valence-electron chi connectivity index (χ4n) is 6.69. The Labute approximate surface area is 560 Å². The van der Waals surface area contributed by atoms with Crippen LogP contribution in [-0.4, -0.2) is 89.5 Å². The van der Waals surface area contributed by atoms with Crippen LogP contribution < -0.4 is 31.6 Å². The number of anilines is 4. The van der Waals surface area contributed by atoms with Gasteiger partial charge in [0.1, 0.15) is 70.0 Å². The number of nitrogens with zero attached hydrogens (tertiary/aromatic N) is 8. The number of hydrogen-bond donors (Lipinski definition) is 8. The molecular weight excluding hydrogens is 1330 g/mol. The van der Waals surface area contributed by atoms with Crippen LogP contribution >= 0.6 is 11.6 Å². The SMILES string of the molecule is CC(C)(C)OC(=O)Nc1ccc(F)c(CO)c1.CC(C)(C)OC(=O)Nc1ccc(F)c(COc2cnccn2)c1.Clc1cnccn1.Nc1ccc(F)c(CO)c1.Nc1ccc(F)c(COc2cnccn2)c1.O=C(O)c1cc([N+](=O)[O-])ccc1F.O=[N+]([O-])c1ccc(F)c(CO)c1. The number of carboxylic acids is 1. The molecule has 0 radical (unpaired) electrons. The van der Waals surface area contributed by atoms with Crippen LogP contribution in [0.3, 0.4) is 0 Å². The Bertz CT molecular complexity index is 4040. The molecule has 0 atom stereocenters. The zero-order valence-corrected chi connectivity index (χ0v) is 53.5. The third-order valence-electron chi connectivity index (χ3n) is 11.0. The quantitative estimate of drug-likeness (QED) is 0.0217. The molecule has 9 rings (SSSR count). The molecule has 0 bridgehead atoms. The molecule has 520 valence electrons. The number of nitrogen functional groups attached to an aromatic ring is 2. The van der Waals surface area contributed by atoms with Gasteiger partial charge in [0.25, 0.3) is 11.4 Å². The smallest absolute Gasteiger partial charge is 0.412 e. The van der Waals surface area contributed by atoms with Gasteiger partial charge in [-0.25, -0.2) is 55.7 Å². The van der Waals surface area contributed by atoms with E-state index >= 15 is 0 Å². The van der Waals surface area contributed by atoms with Gasteiger partial charge in [-0.2, -0.15) is 0 Å². The van der Waals surface area contributed by atoms with Gasteiger partial charge in [0, 0.05) is 112 Å². The zero-order chi connectivity index (χ0) is 73.1. The maximum Gasteiger partial charge on any atom is 0.412 e. The molecule has 34 heteroatoms. The minimum Gasteiger partial charge on any atom is -0.478 e. The Kier molecular flexibility index (Phi) is 33.3. The van der Waals surface area contributed by atoms with Crippen molar-refractivity contribution in [2.45, 2.75) is 85.8 Å². The average Bonchev–Trinajstić information content (AvgIpc) is 0.933. The fourth-order valence-corrected chi connectivity index (χ4v) is 6.80. The number of aliphatic hydroxyl groups is 3. The fraction of sp³-hybridized carbons (Fsp3) is 0.203. The summed E-state index contributed by atoms with van der Waals surface area (Å²) in [5.74, 6) is -4.23. The Balaban J connectivity index is 0.000000305. The molecule has 27 nitrogen and oxygen atoms in total. The maximum absolute atomic E-state index is 13.8. The number of aromatic nitrogens is 6. The number of rotatable bonds is 14. The zero-order valence-electron chi connectivity index (χ0n) is 52.8. The first-order chi connectivity index (χ1) is 46.2. The van der Waals surface area contributed by atoms with E-state index in [-0.39, 0.29) is 59.5 Å². The van der Waals surface area contributed by atoms with Crippen molar-refractivity contribution in [2.24, 2.45) is 0 Å². The summed E-state index contributed by atoms with van der Waals surface area (Å²) in [6.07, 6.45) is 12.3. The van der Waals surface area contributed by atoms with Crippen molar-refractivity contribution in [3.05, 3.63) is 259 Å². The van der Waals surface area contributed by atoms with Gasteiger partial charge >= 0.3 is 18.2 Å². The van der Waals surface area contributed by atoms with Crippen molar-refractivity contribution >= 4 is 63.9 Å². The number of ether oxygens (including phenoxy) is 4. The number of carbonyl (C=O) groups excluding carboxylic acids is 2. The van der Waals surface area contributed by atoms with Crippen molar-refractivity contribution in [3.63, 3.8) is 0 Å². The second-order valence-electron chi connectivity index (χ2n) is 21.0. The van der Waals surface area contributed by atoms with Crippen LogP contribution in [0.1, 0.15) is 79.7 Å². The molecule has 0 spiro atoms. The van der Waals surface area contributed by atoms with Crippen LogP contribution in [-0.2, 0) is 42.5 Å². The van der Waals surface area contributed by atoms with E-state index in [0.717, 1.165) is 30.3 Å². The largest absolute Gasteiger partial charge is 0.478 e. The number of non-ortho nitro benzene ring substituents is 2. The van der Waals surface area contributed by atoms with E-state index in [2.05, 4.69) is 40.5 Å². The number of carbonyl (C=O) groups is 3. The number of halogens is 7. The number of nitro groups is 2. The number of nitrogens with two attached hydrogens (primary N) is 2. The summed E-state index contributed by atoms with van der Waals surface area (Å²) in [4.78, 5) is 75.3. The topological polar surface area (TPSA) is 409 Å². The molecule has 3 aromatic heterocycles. The molecule has 0 aliphatic carbocycles. The molecule has 3 heterocycles. The summed E-state index contributed by atoms with van der Waals surface area (Å²) in [6, 6.07) is 21.9. The molecule has 6 aromatic carbocycles. The van der Waals surface area contributed by atoms with E-state index in [1.165, 1.54) is 116 Å². The van der Waals surface area contributed by atoms with E-state index in [0.29, 0.717) is 45.4 Å². The standard InChI is InChI=1S/C16H18FN3O3.C12H16FNO3.C11H10FN3O.C7H4FNO4.C7H6FNO3.C7H8FNO.C4H3ClN2/c1-16(2,3)23-15(21)20-12-4-5-13(17)11(8-12)10-22-14-9-18-6-7-19-14;1-12(2,3)17-11(16)14-9-4-5-10(13)8(6-9)7-15;12-10-2-1-9(13)5-8(10)7-16-11-6-14-3-4-15-11;8-6-2-1-4(9(12)13)3-5(6)7(10)11;8-7-2-1-6(9(11)12)3-5(7)4-10;8-7-2-1-6(9)3-5(7)4-10;5-4-3-6-1-2-7-4/h4-9H,10H2,1-3H3,(H,20,21);4-6,15H,7H2,1-3H3,(H,14,16);1-6H,7,13H2;1-3H,(H,10,11);1-3,10H,4H2;1-3,10H,4,9H2;1-3H. The normalized spacial score (nSPS) is 10.2. The molecule has 9 aromatic rings. The van der Waals surface area contributed by atoms with Crippen LogP contribution in [0.2, 0.25) is 5.15 Å². The van der Waals surface area contributed by atoms with E-state index in [9.17, 15) is 61.0 Å². The van der Waals surface area contributed by atoms with E-state index in [1.807, 2.05) is 0 Å². The van der Waals surface area contributed by atoms with Crippen molar-refractivity contribution < 1.29 is 89.9 Å². The molecule has 0 fully saturated rings.